The van der Waals surface area contributed by atoms with Gasteiger partial charge in [0.05, 0.1) is 66.3 Å². The molecule has 0 fully saturated rings. The monoisotopic (exact) mass is 1490 g/mol. The van der Waals surface area contributed by atoms with E-state index in [1.54, 1.807) is 0 Å². The van der Waals surface area contributed by atoms with Gasteiger partial charge in [0.2, 0.25) is 0 Å². The topological polar surface area (TPSA) is 28.9 Å². The fraction of sp³-hybridized carbons (Fsp3) is 0.0182. The lowest BCUT2D eigenvalue weighted by molar-refractivity contribution is 0.438. The predicted octanol–water partition coefficient (Wildman–Crippen LogP) is 28.4. The number of fused-ring (bicyclic) bond motifs is 29. The van der Waals surface area contributed by atoms with Crippen molar-refractivity contribution in [3.63, 3.8) is 0 Å². The summed E-state index contributed by atoms with van der Waals surface area (Å²) in [6.45, 7) is 0. The van der Waals surface area contributed by atoms with E-state index in [0.717, 1.165) is 45.0 Å². The van der Waals surface area contributed by atoms with Gasteiger partial charge in [0.1, 0.15) is 5.75 Å². The smallest absolute Gasteiger partial charge is 0.156 e. The molecule has 22 aromatic rings. The molecule has 6 heteroatoms. The minimum absolute atomic E-state index is 0.521. The van der Waals surface area contributed by atoms with Gasteiger partial charge < -0.3 is 23.0 Å². The van der Waals surface area contributed by atoms with Crippen LogP contribution in [0.15, 0.2) is 422 Å². The van der Waals surface area contributed by atoms with E-state index in [9.17, 15) is 0 Å². The summed E-state index contributed by atoms with van der Waals surface area (Å²) in [6.07, 6.45) is 0. The summed E-state index contributed by atoms with van der Waals surface area (Å²) in [4.78, 5) is 2.60. The zero-order valence-corrected chi connectivity index (χ0v) is 63.7. The van der Waals surface area contributed by atoms with E-state index in [1.165, 1.54) is 175 Å². The van der Waals surface area contributed by atoms with Crippen molar-refractivity contribution in [2.45, 2.75) is 20.6 Å². The van der Waals surface area contributed by atoms with Gasteiger partial charge in [-0.2, -0.15) is 0 Å². The summed E-state index contributed by atoms with van der Waals surface area (Å²) in [7, 11) is 0. The first kappa shape index (κ1) is 64.9. The molecule has 0 saturated heterocycles. The van der Waals surface area contributed by atoms with E-state index in [4.69, 9.17) is 4.74 Å². The van der Waals surface area contributed by atoms with Crippen LogP contribution >= 0.6 is 11.8 Å². The Kier molecular flexibility index (Phi) is 13.9. The van der Waals surface area contributed by atoms with E-state index >= 15 is 0 Å². The van der Waals surface area contributed by atoms with Gasteiger partial charge in [0.15, 0.2) is 5.75 Å². The van der Waals surface area contributed by atoms with Crippen LogP contribution in [0.1, 0.15) is 44.5 Å². The van der Waals surface area contributed by atoms with Crippen LogP contribution in [0.5, 0.6) is 11.5 Å². The summed E-state index contributed by atoms with van der Waals surface area (Å²) >= 11 is 1.91. The zero-order chi connectivity index (χ0) is 75.9. The van der Waals surface area contributed by atoms with Gasteiger partial charge in [-0.3, -0.25) is 0 Å². The third-order valence-corrected chi connectivity index (χ3v) is 26.7. The quantitative estimate of drug-likeness (QED) is 0.166. The second-order valence-electron chi connectivity index (χ2n) is 31.2. The molecule has 4 aromatic heterocycles. The molecule has 2 unspecified atom stereocenters. The minimum atomic E-state index is -0.643. The molecule has 4 aliphatic heterocycles. The Bertz CT molecular complexity index is 7860. The molecular weight excluding hydrogens is 1430 g/mol. The standard InChI is InChI=1S/C55H34N2O.C55H34N2S/c1-2-13-35(14-3-1)36-25-27-37(28-26-36)38-29-31-39(32-30-38)56-48-21-8-4-16-41(48)43-33-34-47-54(53(43)56)58-51-24-11-7-19-45(51)55(47)44-18-6-10-23-50(44)57-49-22-9-5-15-40(49)42-17-12-20-46(55)52(42)57;1-2-13-35(14-3-1)36-25-27-37(28-26-36)38-29-31-39(32-30-38)56-48-21-8-5-16-41(48)43-33-47-53(34-51(43)56)58-52-24-11-7-19-45(52)55(47)44-18-6-10-23-50(44)57-49-22-9-4-15-40(49)42-17-12-20-46(55)54(42)57/h2*1-34H. The number of para-hydroxylation sites is 9. The van der Waals surface area contributed by atoms with Crippen molar-refractivity contribution in [2.75, 3.05) is 0 Å². The summed E-state index contributed by atoms with van der Waals surface area (Å²) in [6, 6.07) is 152. The van der Waals surface area contributed by atoms with Crippen LogP contribution in [-0.2, 0) is 10.8 Å². The molecule has 0 bridgehead atoms. The minimum Gasteiger partial charge on any atom is -0.454 e. The van der Waals surface area contributed by atoms with Crippen molar-refractivity contribution < 1.29 is 4.74 Å². The summed E-state index contributed by atoms with van der Waals surface area (Å²) in [5, 5.41) is 10.0. The van der Waals surface area contributed by atoms with Crippen LogP contribution in [0.3, 0.4) is 0 Å². The maximum atomic E-state index is 7.28. The number of rotatable bonds is 6. The number of ether oxygens (including phenoxy) is 1. The van der Waals surface area contributed by atoms with Crippen molar-refractivity contribution in [1.29, 1.82) is 0 Å². The Morgan fingerprint density at radius 3 is 1.08 bits per heavy atom. The first-order valence-corrected chi connectivity index (χ1v) is 40.8. The SMILES string of the molecule is c1ccc(-c2ccc(-c3ccc(-n4c5ccccc5c5cc6c(cc54)Sc4ccccc4C64c5ccccc5-n5c6ccccc6c6cccc4c65)cc3)cc2)cc1.c1ccc(-c2ccc(-c3ccc(-n4c5ccccc5c5ccc6c(c54)Oc4ccccc4C64c5ccccc5-n5c6ccccc6c6cccc4c65)cc3)cc2)cc1. The molecule has 116 heavy (non-hydrogen) atoms. The molecule has 0 aliphatic carbocycles. The average Bonchev–Trinajstić information content (AvgIpc) is 1.32. The predicted molar refractivity (Wildman–Crippen MR) is 480 cm³/mol. The number of hydrogen-bond acceptors (Lipinski definition) is 2. The lowest BCUT2D eigenvalue weighted by atomic mass is 9.61. The maximum Gasteiger partial charge on any atom is 0.156 e. The van der Waals surface area contributed by atoms with Gasteiger partial charge in [-0.15, -0.1) is 0 Å². The molecule has 2 spiro atoms. The van der Waals surface area contributed by atoms with Gasteiger partial charge in [0, 0.05) is 75.4 Å². The van der Waals surface area contributed by atoms with Crippen molar-refractivity contribution in [2.24, 2.45) is 0 Å². The van der Waals surface area contributed by atoms with Crippen LogP contribution in [0.2, 0.25) is 0 Å². The molecule has 8 heterocycles. The molecule has 540 valence electrons. The van der Waals surface area contributed by atoms with Crippen LogP contribution in [0.4, 0.5) is 0 Å². The molecule has 26 rings (SSSR count). The molecule has 4 aliphatic rings. The highest BCUT2D eigenvalue weighted by Gasteiger charge is 2.53. The molecule has 5 nitrogen and oxygen atoms in total. The Morgan fingerprint density at radius 1 is 0.198 bits per heavy atom. The van der Waals surface area contributed by atoms with Crippen molar-refractivity contribution in [3.8, 4) is 78.8 Å². The fourth-order valence-corrected chi connectivity index (χ4v) is 21.9. The van der Waals surface area contributed by atoms with E-state index < -0.39 is 10.8 Å². The van der Waals surface area contributed by atoms with E-state index in [0.29, 0.717) is 0 Å². The molecule has 18 aromatic carbocycles. The Hall–Kier alpha value is -14.7. The van der Waals surface area contributed by atoms with Crippen molar-refractivity contribution >= 4 is 99.0 Å². The Balaban J connectivity index is 0.000000130. The van der Waals surface area contributed by atoms with Gasteiger partial charge in [-0.1, -0.05) is 339 Å². The number of nitrogens with zero attached hydrogens (tertiary/aromatic N) is 4. The first-order valence-electron chi connectivity index (χ1n) is 40.0. The lowest BCUT2D eigenvalue weighted by Gasteiger charge is -2.45. The van der Waals surface area contributed by atoms with Crippen molar-refractivity contribution in [1.82, 2.24) is 18.3 Å². The van der Waals surface area contributed by atoms with E-state index in [1.807, 2.05) is 11.8 Å². The van der Waals surface area contributed by atoms with Gasteiger partial charge >= 0.3 is 0 Å². The molecular formula is C110H68N4OS. The molecule has 0 amide bonds. The highest BCUT2D eigenvalue weighted by atomic mass is 32.2. The van der Waals surface area contributed by atoms with E-state index in [2.05, 4.69) is 431 Å². The normalized spacial score (nSPS) is 15.2. The van der Waals surface area contributed by atoms with Gasteiger partial charge in [0.25, 0.3) is 0 Å². The average molecular weight is 1490 g/mol. The van der Waals surface area contributed by atoms with Gasteiger partial charge in [-0.05, 0) is 163 Å². The number of benzene rings is 18. The highest BCUT2D eigenvalue weighted by molar-refractivity contribution is 7.99. The summed E-state index contributed by atoms with van der Waals surface area (Å²) in [5.41, 5.74) is 33.1. The van der Waals surface area contributed by atoms with Crippen molar-refractivity contribution in [3.05, 3.63) is 457 Å². The number of hydrogen-bond donors (Lipinski definition) is 0. The zero-order valence-electron chi connectivity index (χ0n) is 62.9. The van der Waals surface area contributed by atoms with Crippen LogP contribution < -0.4 is 4.74 Å². The molecule has 0 N–H and O–H groups in total. The van der Waals surface area contributed by atoms with Gasteiger partial charge in [-0.25, -0.2) is 0 Å². The third-order valence-electron chi connectivity index (χ3n) is 25.6. The highest BCUT2D eigenvalue weighted by Crippen LogP contribution is 2.64. The maximum absolute atomic E-state index is 7.28. The fourth-order valence-electron chi connectivity index (χ4n) is 20.7. The first-order chi connectivity index (χ1) is 57.6. The second kappa shape index (κ2) is 24.9. The lowest BCUT2D eigenvalue weighted by Crippen LogP contribution is -2.37. The van der Waals surface area contributed by atoms with E-state index in [-0.39, 0.29) is 0 Å². The van der Waals surface area contributed by atoms with Crippen LogP contribution in [0.25, 0.3) is 154 Å². The third kappa shape index (κ3) is 9.01. The number of aromatic nitrogens is 4. The largest absolute Gasteiger partial charge is 0.454 e. The summed E-state index contributed by atoms with van der Waals surface area (Å²) < 4.78 is 17.2. The van der Waals surface area contributed by atoms with Crippen LogP contribution in [-0.4, -0.2) is 18.3 Å². The Labute approximate surface area is 673 Å². The van der Waals surface area contributed by atoms with Crippen LogP contribution in [0, 0.1) is 0 Å². The molecule has 0 saturated carbocycles. The summed E-state index contributed by atoms with van der Waals surface area (Å²) in [5.74, 6) is 1.77. The second-order valence-corrected chi connectivity index (χ2v) is 32.3. The Morgan fingerprint density at radius 2 is 0.560 bits per heavy atom. The molecule has 2 atom stereocenters. The molecule has 0 radical (unpaired) electrons.